The fourth-order valence-electron chi connectivity index (χ4n) is 2.97. The monoisotopic (exact) mass is 379 g/mol. The Hall–Kier alpha value is -2.23. The average Bonchev–Trinajstić information content (AvgIpc) is 3.00. The van der Waals surface area contributed by atoms with Gasteiger partial charge in [0, 0.05) is 11.8 Å². The van der Waals surface area contributed by atoms with Crippen molar-refractivity contribution in [3.63, 3.8) is 0 Å². The summed E-state index contributed by atoms with van der Waals surface area (Å²) in [6, 6.07) is 4.50. The molecule has 0 aliphatic carbocycles. The largest absolute Gasteiger partial charge is 0.573 e. The molecule has 4 nitrogen and oxygen atoms in total. The van der Waals surface area contributed by atoms with E-state index in [0.717, 1.165) is 16.8 Å². The topological polar surface area (TPSA) is 39.1 Å². The first kappa shape index (κ1) is 18.6. The van der Waals surface area contributed by atoms with Gasteiger partial charge in [0.2, 0.25) is 0 Å². The molecule has 1 aromatic carbocycles. The maximum Gasteiger partial charge on any atom is 0.573 e. The van der Waals surface area contributed by atoms with E-state index in [2.05, 4.69) is 15.2 Å². The predicted octanol–water partition coefficient (Wildman–Crippen LogP) is 4.26. The second kappa shape index (κ2) is 6.82. The Bertz CT molecular complexity index is 745. The van der Waals surface area contributed by atoms with Crippen molar-refractivity contribution in [3.05, 3.63) is 41.7 Å². The smallest absolute Gasteiger partial charge is 0.406 e. The van der Waals surface area contributed by atoms with Gasteiger partial charge < -0.3 is 10.1 Å². The van der Waals surface area contributed by atoms with Gasteiger partial charge in [-0.15, -0.1) is 13.2 Å². The normalized spacial score (nSPS) is 16.7. The van der Waals surface area contributed by atoms with E-state index in [1.807, 2.05) is 0 Å². The molecule has 1 aromatic heterocycles. The first-order valence-electron chi connectivity index (χ1n) is 7.87. The molecule has 1 aliphatic rings. The Kier molecular flexibility index (Phi) is 4.87. The molecule has 1 fully saturated rings. The van der Waals surface area contributed by atoms with Crippen LogP contribution in [0.25, 0.3) is 5.69 Å². The molecular weight excluding hydrogens is 364 g/mol. The summed E-state index contributed by atoms with van der Waals surface area (Å²) in [4.78, 5) is 0. The van der Waals surface area contributed by atoms with Crippen molar-refractivity contribution < 1.29 is 31.1 Å². The summed E-state index contributed by atoms with van der Waals surface area (Å²) < 4.78 is 81.4. The Morgan fingerprint density at radius 2 is 1.62 bits per heavy atom. The minimum absolute atomic E-state index is 0.106. The molecule has 142 valence electrons. The van der Waals surface area contributed by atoms with Crippen LogP contribution >= 0.6 is 0 Å². The van der Waals surface area contributed by atoms with Gasteiger partial charge in [0.15, 0.2) is 5.69 Å². The number of aromatic nitrogens is 2. The number of piperidine rings is 1. The zero-order chi connectivity index (χ0) is 18.9. The Morgan fingerprint density at radius 3 is 2.15 bits per heavy atom. The highest BCUT2D eigenvalue weighted by molar-refractivity contribution is 5.39. The molecule has 0 bridgehead atoms. The van der Waals surface area contributed by atoms with Gasteiger partial charge in [-0.05, 0) is 56.1 Å². The summed E-state index contributed by atoms with van der Waals surface area (Å²) in [6.07, 6.45) is -7.01. The Morgan fingerprint density at radius 1 is 1.00 bits per heavy atom. The van der Waals surface area contributed by atoms with Crippen molar-refractivity contribution in [2.45, 2.75) is 31.3 Å². The third-order valence-corrected chi connectivity index (χ3v) is 4.12. The zero-order valence-electron chi connectivity index (χ0n) is 13.4. The lowest BCUT2D eigenvalue weighted by Gasteiger charge is -2.22. The van der Waals surface area contributed by atoms with Crippen molar-refractivity contribution in [2.75, 3.05) is 13.1 Å². The van der Waals surface area contributed by atoms with Crippen molar-refractivity contribution in [2.24, 2.45) is 0 Å². The third-order valence-electron chi connectivity index (χ3n) is 4.12. The summed E-state index contributed by atoms with van der Waals surface area (Å²) in [5.74, 6) is -0.725. The van der Waals surface area contributed by atoms with Crippen molar-refractivity contribution >= 4 is 0 Å². The van der Waals surface area contributed by atoms with Crippen LogP contribution in [0.1, 0.15) is 30.0 Å². The predicted molar refractivity (Wildman–Crippen MR) is 80.1 cm³/mol. The minimum atomic E-state index is -4.83. The maximum atomic E-state index is 13.3. The summed E-state index contributed by atoms with van der Waals surface area (Å²) in [5.41, 5.74) is -0.639. The van der Waals surface area contributed by atoms with E-state index in [0.29, 0.717) is 25.9 Å². The number of nitrogens with one attached hydrogen (secondary N) is 1. The maximum absolute atomic E-state index is 13.3. The van der Waals surface area contributed by atoms with Crippen LogP contribution in [0.4, 0.5) is 26.3 Å². The summed E-state index contributed by atoms with van der Waals surface area (Å²) >= 11 is 0. The van der Waals surface area contributed by atoms with E-state index < -0.39 is 24.0 Å². The Labute approximate surface area is 144 Å². The summed E-state index contributed by atoms with van der Waals surface area (Å²) in [5, 5.41) is 6.73. The number of benzene rings is 1. The molecule has 0 spiro atoms. The zero-order valence-corrected chi connectivity index (χ0v) is 13.4. The van der Waals surface area contributed by atoms with Crippen LogP contribution in [0.5, 0.6) is 5.75 Å². The van der Waals surface area contributed by atoms with Gasteiger partial charge in [0.05, 0.1) is 5.69 Å². The molecular formula is C16H15F6N3O. The molecule has 26 heavy (non-hydrogen) atoms. The highest BCUT2D eigenvalue weighted by Gasteiger charge is 2.39. The lowest BCUT2D eigenvalue weighted by Crippen LogP contribution is -2.27. The van der Waals surface area contributed by atoms with Crippen molar-refractivity contribution in [3.8, 4) is 11.4 Å². The quantitative estimate of drug-likeness (QED) is 0.811. The van der Waals surface area contributed by atoms with Crippen molar-refractivity contribution in [1.82, 2.24) is 15.1 Å². The molecule has 0 saturated carbocycles. The van der Waals surface area contributed by atoms with Gasteiger partial charge in [0.1, 0.15) is 5.75 Å². The number of ether oxygens (including phenoxy) is 1. The number of alkyl halides is 6. The van der Waals surface area contributed by atoms with Gasteiger partial charge in [-0.2, -0.15) is 18.3 Å². The number of halogens is 6. The van der Waals surface area contributed by atoms with Crippen LogP contribution in [0.3, 0.4) is 0 Å². The van der Waals surface area contributed by atoms with E-state index in [-0.39, 0.29) is 17.2 Å². The molecule has 1 aliphatic heterocycles. The minimum Gasteiger partial charge on any atom is -0.406 e. The molecule has 10 heteroatoms. The second-order valence-corrected chi connectivity index (χ2v) is 5.94. The van der Waals surface area contributed by atoms with Crippen molar-refractivity contribution in [1.29, 1.82) is 0 Å². The SMILES string of the molecule is FC(F)(F)Oc1ccc(-n2cc(C3CCNCC3)c(C(F)(F)F)n2)cc1. The average molecular weight is 379 g/mol. The van der Waals surface area contributed by atoms with Gasteiger partial charge >= 0.3 is 12.5 Å². The van der Waals surface area contributed by atoms with E-state index >= 15 is 0 Å². The number of hydrogen-bond acceptors (Lipinski definition) is 3. The van der Waals surface area contributed by atoms with Crippen LogP contribution in [0.15, 0.2) is 30.5 Å². The standard InChI is InChI=1S/C16H15F6N3O/c17-15(18,19)14-13(10-5-7-23-8-6-10)9-25(24-14)11-1-3-12(4-2-11)26-16(20,21)22/h1-4,9-10,23H,5-8H2. The van der Waals surface area contributed by atoms with Crippen LogP contribution in [-0.2, 0) is 6.18 Å². The highest BCUT2D eigenvalue weighted by atomic mass is 19.4. The van der Waals surface area contributed by atoms with Gasteiger partial charge in [0.25, 0.3) is 0 Å². The van der Waals surface area contributed by atoms with Crippen LogP contribution in [0.2, 0.25) is 0 Å². The van der Waals surface area contributed by atoms with Gasteiger partial charge in [-0.25, -0.2) is 4.68 Å². The molecule has 0 amide bonds. The van der Waals surface area contributed by atoms with E-state index in [1.54, 1.807) is 0 Å². The van der Waals surface area contributed by atoms with E-state index in [1.165, 1.54) is 18.3 Å². The Balaban J connectivity index is 1.91. The summed E-state index contributed by atoms with van der Waals surface area (Å²) in [6.45, 7) is 1.24. The van der Waals surface area contributed by atoms with E-state index in [4.69, 9.17) is 0 Å². The molecule has 1 saturated heterocycles. The molecule has 2 heterocycles. The first-order valence-corrected chi connectivity index (χ1v) is 7.87. The lowest BCUT2D eigenvalue weighted by molar-refractivity contribution is -0.274. The third kappa shape index (κ3) is 4.29. The van der Waals surface area contributed by atoms with E-state index in [9.17, 15) is 26.3 Å². The van der Waals surface area contributed by atoms with Crippen LogP contribution in [0, 0.1) is 0 Å². The second-order valence-electron chi connectivity index (χ2n) is 5.94. The molecule has 3 rings (SSSR count). The molecule has 0 radical (unpaired) electrons. The first-order chi connectivity index (χ1) is 12.1. The molecule has 1 N–H and O–H groups in total. The van der Waals surface area contributed by atoms with Crippen LogP contribution < -0.4 is 10.1 Å². The number of hydrogen-bond donors (Lipinski definition) is 1. The highest BCUT2D eigenvalue weighted by Crippen LogP contribution is 2.37. The fraction of sp³-hybridized carbons (Fsp3) is 0.438. The molecule has 2 aromatic rings. The van der Waals surface area contributed by atoms with Gasteiger partial charge in [-0.3, -0.25) is 0 Å². The summed E-state index contributed by atoms with van der Waals surface area (Å²) in [7, 11) is 0. The fourth-order valence-corrected chi connectivity index (χ4v) is 2.97. The lowest BCUT2D eigenvalue weighted by atomic mass is 9.90. The van der Waals surface area contributed by atoms with Crippen LogP contribution in [-0.4, -0.2) is 29.2 Å². The molecule has 0 unspecified atom stereocenters. The molecule has 0 atom stereocenters. The van der Waals surface area contributed by atoms with Gasteiger partial charge in [-0.1, -0.05) is 0 Å². The number of nitrogens with zero attached hydrogens (tertiary/aromatic N) is 2. The number of rotatable bonds is 3.